The molecular formula is C21H22Cl2N2O3. The Morgan fingerprint density at radius 2 is 1.89 bits per heavy atom. The third kappa shape index (κ3) is 4.97. The van der Waals surface area contributed by atoms with E-state index in [1.54, 1.807) is 23.1 Å². The van der Waals surface area contributed by atoms with Gasteiger partial charge in [-0.25, -0.2) is 0 Å². The molecule has 2 aromatic carbocycles. The van der Waals surface area contributed by atoms with E-state index in [0.717, 1.165) is 11.4 Å². The van der Waals surface area contributed by atoms with Gasteiger partial charge in [-0.15, -0.1) is 0 Å². The van der Waals surface area contributed by atoms with Crippen molar-refractivity contribution in [1.82, 2.24) is 0 Å². The van der Waals surface area contributed by atoms with Crippen LogP contribution >= 0.6 is 23.2 Å². The number of amides is 2. The Kier molecular flexibility index (Phi) is 6.47. The third-order valence-electron chi connectivity index (χ3n) is 4.41. The highest BCUT2D eigenvalue weighted by molar-refractivity contribution is 6.42. The van der Waals surface area contributed by atoms with Crippen LogP contribution < -0.4 is 15.0 Å². The molecule has 0 bridgehead atoms. The molecule has 2 amide bonds. The van der Waals surface area contributed by atoms with Gasteiger partial charge in [-0.1, -0.05) is 37.0 Å². The topological polar surface area (TPSA) is 58.6 Å². The zero-order chi connectivity index (χ0) is 20.3. The largest absolute Gasteiger partial charge is 0.493 e. The van der Waals surface area contributed by atoms with Crippen LogP contribution in [0.5, 0.6) is 5.75 Å². The highest BCUT2D eigenvalue weighted by Gasteiger charge is 2.35. The Bertz CT molecular complexity index is 868. The van der Waals surface area contributed by atoms with E-state index in [9.17, 15) is 9.59 Å². The van der Waals surface area contributed by atoms with Crippen molar-refractivity contribution in [3.8, 4) is 5.75 Å². The summed E-state index contributed by atoms with van der Waals surface area (Å²) < 4.78 is 5.67. The van der Waals surface area contributed by atoms with Crippen LogP contribution in [0.2, 0.25) is 10.0 Å². The molecule has 7 heteroatoms. The molecule has 1 aliphatic heterocycles. The molecule has 1 saturated heterocycles. The second-order valence-corrected chi connectivity index (χ2v) is 8.04. The molecule has 1 heterocycles. The van der Waals surface area contributed by atoms with Crippen molar-refractivity contribution in [2.45, 2.75) is 20.3 Å². The summed E-state index contributed by atoms with van der Waals surface area (Å²) in [5.74, 6) is 0.475. The average molecular weight is 421 g/mol. The summed E-state index contributed by atoms with van der Waals surface area (Å²) >= 11 is 11.9. The Morgan fingerprint density at radius 3 is 2.54 bits per heavy atom. The first-order valence-corrected chi connectivity index (χ1v) is 9.88. The van der Waals surface area contributed by atoms with E-state index < -0.39 is 5.92 Å². The molecule has 0 radical (unpaired) electrons. The Balaban J connectivity index is 1.62. The fraction of sp³-hybridized carbons (Fsp3) is 0.333. The average Bonchev–Trinajstić information content (AvgIpc) is 3.05. The lowest BCUT2D eigenvalue weighted by atomic mass is 10.1. The molecule has 148 valence electrons. The molecule has 0 aliphatic carbocycles. The zero-order valence-electron chi connectivity index (χ0n) is 15.7. The van der Waals surface area contributed by atoms with Gasteiger partial charge in [-0.3, -0.25) is 9.59 Å². The van der Waals surface area contributed by atoms with Gasteiger partial charge >= 0.3 is 0 Å². The van der Waals surface area contributed by atoms with Gasteiger partial charge in [0.25, 0.3) is 0 Å². The van der Waals surface area contributed by atoms with Crippen molar-refractivity contribution in [1.29, 1.82) is 0 Å². The van der Waals surface area contributed by atoms with Crippen molar-refractivity contribution in [2.24, 2.45) is 11.8 Å². The number of carbonyl (C=O) groups is 2. The zero-order valence-corrected chi connectivity index (χ0v) is 17.3. The molecule has 0 spiro atoms. The highest BCUT2D eigenvalue weighted by Crippen LogP contribution is 2.29. The summed E-state index contributed by atoms with van der Waals surface area (Å²) in [6.07, 6.45) is 0.165. The van der Waals surface area contributed by atoms with Gasteiger partial charge in [0.05, 0.1) is 22.6 Å². The van der Waals surface area contributed by atoms with Gasteiger partial charge < -0.3 is 15.0 Å². The summed E-state index contributed by atoms with van der Waals surface area (Å²) in [7, 11) is 0. The molecule has 2 aromatic rings. The first-order valence-electron chi connectivity index (χ1n) is 9.12. The van der Waals surface area contributed by atoms with Gasteiger partial charge in [-0.2, -0.15) is 0 Å². The Labute approximate surface area is 174 Å². The number of benzene rings is 2. The maximum atomic E-state index is 12.6. The van der Waals surface area contributed by atoms with Crippen LogP contribution in [0, 0.1) is 11.8 Å². The first-order chi connectivity index (χ1) is 13.3. The fourth-order valence-corrected chi connectivity index (χ4v) is 3.23. The number of nitrogens with zero attached hydrogens (tertiary/aromatic N) is 1. The molecular weight excluding hydrogens is 399 g/mol. The van der Waals surface area contributed by atoms with Crippen LogP contribution in [0.25, 0.3) is 0 Å². The van der Waals surface area contributed by atoms with Crippen LogP contribution in [0.1, 0.15) is 20.3 Å². The quantitative estimate of drug-likeness (QED) is 0.713. The SMILES string of the molecule is CC(C)COc1ccc(N2CC(C(=O)Nc3ccc(Cl)c(Cl)c3)CC2=O)cc1. The van der Waals surface area contributed by atoms with Crippen molar-refractivity contribution in [2.75, 3.05) is 23.4 Å². The molecule has 0 saturated carbocycles. The number of hydrogen-bond donors (Lipinski definition) is 1. The molecule has 3 rings (SSSR count). The Morgan fingerprint density at radius 1 is 1.18 bits per heavy atom. The number of anilines is 2. The third-order valence-corrected chi connectivity index (χ3v) is 5.15. The van der Waals surface area contributed by atoms with E-state index in [0.29, 0.717) is 34.8 Å². The number of rotatable bonds is 6. The van der Waals surface area contributed by atoms with E-state index in [2.05, 4.69) is 19.2 Å². The van der Waals surface area contributed by atoms with Crippen molar-refractivity contribution in [3.63, 3.8) is 0 Å². The molecule has 28 heavy (non-hydrogen) atoms. The van der Waals surface area contributed by atoms with E-state index in [-0.39, 0.29) is 18.2 Å². The van der Waals surface area contributed by atoms with Crippen LogP contribution in [0.4, 0.5) is 11.4 Å². The molecule has 1 unspecified atom stereocenters. The molecule has 1 fully saturated rings. The minimum Gasteiger partial charge on any atom is -0.493 e. The minimum absolute atomic E-state index is 0.0786. The van der Waals surface area contributed by atoms with Gasteiger partial charge in [0, 0.05) is 24.3 Å². The van der Waals surface area contributed by atoms with E-state index >= 15 is 0 Å². The maximum Gasteiger partial charge on any atom is 0.229 e. The lowest BCUT2D eigenvalue weighted by molar-refractivity contribution is -0.122. The van der Waals surface area contributed by atoms with Crippen molar-refractivity contribution >= 4 is 46.4 Å². The number of hydrogen-bond acceptors (Lipinski definition) is 3. The predicted octanol–water partition coefficient (Wildman–Crippen LogP) is 5.02. The van der Waals surface area contributed by atoms with Crippen LogP contribution in [-0.4, -0.2) is 25.0 Å². The number of ether oxygens (including phenoxy) is 1. The fourth-order valence-electron chi connectivity index (χ4n) is 2.94. The number of carbonyl (C=O) groups excluding carboxylic acids is 2. The van der Waals surface area contributed by atoms with Gasteiger partial charge in [0.2, 0.25) is 11.8 Å². The summed E-state index contributed by atoms with van der Waals surface area (Å²) in [6, 6.07) is 12.2. The van der Waals surface area contributed by atoms with Gasteiger partial charge in [-0.05, 0) is 48.4 Å². The number of nitrogens with one attached hydrogen (secondary N) is 1. The smallest absolute Gasteiger partial charge is 0.229 e. The van der Waals surface area contributed by atoms with Gasteiger partial charge in [0.15, 0.2) is 0 Å². The monoisotopic (exact) mass is 420 g/mol. The van der Waals surface area contributed by atoms with E-state index in [4.69, 9.17) is 27.9 Å². The number of halogens is 2. The lowest BCUT2D eigenvalue weighted by Gasteiger charge is -2.17. The molecule has 1 atom stereocenters. The van der Waals surface area contributed by atoms with Crippen LogP contribution in [0.15, 0.2) is 42.5 Å². The van der Waals surface area contributed by atoms with Crippen molar-refractivity contribution in [3.05, 3.63) is 52.5 Å². The predicted molar refractivity (Wildman–Crippen MR) is 112 cm³/mol. The standard InChI is InChI=1S/C21H22Cl2N2O3/c1-13(2)12-28-17-6-4-16(5-7-17)25-11-14(9-20(25)26)21(27)24-15-3-8-18(22)19(23)10-15/h3-8,10,13-14H,9,11-12H2,1-2H3,(H,24,27). The van der Waals surface area contributed by atoms with Crippen molar-refractivity contribution < 1.29 is 14.3 Å². The molecule has 1 aliphatic rings. The highest BCUT2D eigenvalue weighted by atomic mass is 35.5. The first kappa shape index (κ1) is 20.5. The summed E-state index contributed by atoms with van der Waals surface area (Å²) in [4.78, 5) is 26.6. The lowest BCUT2D eigenvalue weighted by Crippen LogP contribution is -2.28. The molecule has 5 nitrogen and oxygen atoms in total. The molecule has 0 aromatic heterocycles. The molecule has 1 N–H and O–H groups in total. The van der Waals surface area contributed by atoms with E-state index in [1.165, 1.54) is 0 Å². The second-order valence-electron chi connectivity index (χ2n) is 7.22. The minimum atomic E-state index is -0.432. The van der Waals surface area contributed by atoms with Crippen LogP contribution in [0.3, 0.4) is 0 Å². The van der Waals surface area contributed by atoms with Gasteiger partial charge in [0.1, 0.15) is 5.75 Å². The summed E-state index contributed by atoms with van der Waals surface area (Å²) in [5, 5.41) is 3.58. The normalized spacial score (nSPS) is 16.5. The summed E-state index contributed by atoms with van der Waals surface area (Å²) in [5.41, 5.74) is 1.31. The van der Waals surface area contributed by atoms with E-state index in [1.807, 2.05) is 24.3 Å². The Hall–Kier alpha value is -2.24. The maximum absolute atomic E-state index is 12.6. The summed E-state index contributed by atoms with van der Waals surface area (Å²) in [6.45, 7) is 5.14. The van der Waals surface area contributed by atoms with Crippen LogP contribution in [-0.2, 0) is 9.59 Å². The second kappa shape index (κ2) is 8.84.